The summed E-state index contributed by atoms with van der Waals surface area (Å²) in [7, 11) is 0. The second-order valence-corrected chi connectivity index (χ2v) is 16.1. The fourth-order valence-corrected chi connectivity index (χ4v) is 9.23. The monoisotopic (exact) mass is 800 g/mol. The van der Waals surface area contributed by atoms with E-state index in [4.69, 9.17) is 9.98 Å². The summed E-state index contributed by atoms with van der Waals surface area (Å²) in [6.45, 7) is 6.38. The van der Waals surface area contributed by atoms with Gasteiger partial charge in [0.05, 0.1) is 11.4 Å². The Morgan fingerprint density at radius 1 is 0.449 bits per heavy atom. The largest absolute Gasteiger partial charge is 0.238 e. The molecule has 7 rings (SSSR count). The number of hydrogen-bond acceptors (Lipinski definition) is 4. The third-order valence-corrected chi connectivity index (χ3v) is 11.9. The molecule has 49 heavy (non-hydrogen) atoms. The van der Waals surface area contributed by atoms with Crippen LogP contribution in [0.1, 0.15) is 16.7 Å². The highest BCUT2D eigenvalue weighted by Gasteiger charge is 2.22. The molecule has 242 valence electrons. The number of nitrogens with zero attached hydrogens (tertiary/aromatic N) is 2. The van der Waals surface area contributed by atoms with Crippen molar-refractivity contribution in [1.82, 2.24) is 0 Å². The molecule has 0 aromatic heterocycles. The molecule has 0 atom stereocenters. The van der Waals surface area contributed by atoms with Gasteiger partial charge in [-0.05, 0) is 88.8 Å². The van der Waals surface area contributed by atoms with Crippen LogP contribution in [0, 0.1) is 20.8 Å². The van der Waals surface area contributed by atoms with Gasteiger partial charge in [0.25, 0.3) is 0 Å². The molecule has 0 N–H and O–H groups in total. The lowest BCUT2D eigenvalue weighted by Gasteiger charge is -2.20. The van der Waals surface area contributed by atoms with E-state index in [0.29, 0.717) is 0 Å². The number of hydrogen-bond donors (Lipinski definition) is 0. The highest BCUT2D eigenvalue weighted by Crippen LogP contribution is 2.45. The van der Waals surface area contributed by atoms with Gasteiger partial charge in [-0.25, -0.2) is 9.98 Å². The SMILES string of the molecule is Cc1ccc(-c2cc(Br)cc(Br)c2N=C2SCCSC2=Nc2c(-c3ccc(C)cc3)cc(-c3ccccc3)cc2-c2ccc(C)cc2)cc1. The van der Waals surface area contributed by atoms with Crippen molar-refractivity contribution in [1.29, 1.82) is 0 Å². The van der Waals surface area contributed by atoms with E-state index >= 15 is 0 Å². The van der Waals surface area contributed by atoms with Crippen LogP contribution in [0.2, 0.25) is 0 Å². The number of halogens is 2. The van der Waals surface area contributed by atoms with Crippen LogP contribution in [0.15, 0.2) is 146 Å². The Kier molecular flexibility index (Phi) is 10.4. The lowest BCUT2D eigenvalue weighted by molar-refractivity contribution is 1.43. The van der Waals surface area contributed by atoms with Crippen LogP contribution >= 0.6 is 55.4 Å². The van der Waals surface area contributed by atoms with Gasteiger partial charge >= 0.3 is 0 Å². The van der Waals surface area contributed by atoms with Gasteiger partial charge in [0.2, 0.25) is 0 Å². The van der Waals surface area contributed by atoms with Gasteiger partial charge in [-0.2, -0.15) is 0 Å². The van der Waals surface area contributed by atoms with E-state index in [1.54, 1.807) is 23.5 Å². The molecule has 0 radical (unpaired) electrons. The minimum atomic E-state index is 0.904. The summed E-state index contributed by atoms with van der Waals surface area (Å²) in [5.74, 6) is 1.94. The number of rotatable bonds is 6. The summed E-state index contributed by atoms with van der Waals surface area (Å²) in [4.78, 5) is 11.0. The third-order valence-electron chi connectivity index (χ3n) is 8.50. The molecule has 0 spiro atoms. The van der Waals surface area contributed by atoms with Crippen molar-refractivity contribution in [2.75, 3.05) is 11.5 Å². The van der Waals surface area contributed by atoms with E-state index < -0.39 is 0 Å². The maximum atomic E-state index is 5.59. The molecule has 6 aromatic carbocycles. The zero-order chi connectivity index (χ0) is 33.9. The predicted molar refractivity (Wildman–Crippen MR) is 223 cm³/mol. The number of aliphatic imine (C=N–C) groups is 2. The van der Waals surface area contributed by atoms with Crippen molar-refractivity contribution in [2.24, 2.45) is 9.98 Å². The van der Waals surface area contributed by atoms with Crippen molar-refractivity contribution >= 4 is 76.8 Å². The lowest BCUT2D eigenvalue weighted by atomic mass is 9.90. The van der Waals surface area contributed by atoms with Crippen molar-refractivity contribution in [3.05, 3.63) is 153 Å². The molecule has 1 saturated heterocycles. The molecule has 6 aromatic rings. The van der Waals surface area contributed by atoms with Crippen LogP contribution in [-0.4, -0.2) is 21.6 Å². The summed E-state index contributed by atoms with van der Waals surface area (Å²) in [5, 5.41) is 1.87. The molecule has 0 aliphatic carbocycles. The Bertz CT molecular complexity index is 2120. The predicted octanol–water partition coefficient (Wildman–Crippen LogP) is 14.0. The first-order chi connectivity index (χ1) is 23.8. The average molecular weight is 803 g/mol. The average Bonchev–Trinajstić information content (AvgIpc) is 3.11. The maximum absolute atomic E-state index is 5.59. The first-order valence-corrected chi connectivity index (χ1v) is 19.7. The van der Waals surface area contributed by atoms with Gasteiger partial charge in [-0.15, -0.1) is 23.5 Å². The van der Waals surface area contributed by atoms with Crippen LogP contribution in [0.5, 0.6) is 0 Å². The standard InChI is InChI=1S/C43H34Br2N2S2/c1-27-9-15-31(16-10-27)36-23-34(30-7-5-4-6-8-30)24-37(32-17-11-28(2)12-18-32)40(36)46-42-43(49-22-21-48-42)47-41-38(25-35(44)26-39(41)45)33-19-13-29(3)14-20-33/h4-20,23-26H,21-22H2,1-3H3. The molecule has 6 heteroatoms. The van der Waals surface area contributed by atoms with Crippen LogP contribution in [-0.2, 0) is 0 Å². The first kappa shape index (κ1) is 33.8. The molecule has 2 nitrogen and oxygen atoms in total. The van der Waals surface area contributed by atoms with Gasteiger partial charge in [0.1, 0.15) is 10.1 Å². The molecule has 1 aliphatic rings. The highest BCUT2D eigenvalue weighted by molar-refractivity contribution is 9.11. The minimum absolute atomic E-state index is 0.904. The van der Waals surface area contributed by atoms with Crippen LogP contribution in [0.4, 0.5) is 11.4 Å². The molecule has 0 unspecified atom stereocenters. The Balaban J connectivity index is 1.47. The number of thioether (sulfide) groups is 2. The number of benzene rings is 6. The summed E-state index contributed by atoms with van der Waals surface area (Å²) >= 11 is 11.1. The molecule has 0 saturated carbocycles. The zero-order valence-corrected chi connectivity index (χ0v) is 32.3. The Labute approximate surface area is 314 Å². The van der Waals surface area contributed by atoms with Crippen molar-refractivity contribution in [3.8, 4) is 44.5 Å². The molecular formula is C43H34Br2N2S2. The van der Waals surface area contributed by atoms with Crippen LogP contribution < -0.4 is 0 Å². The first-order valence-electron chi connectivity index (χ1n) is 16.2. The summed E-state index contributed by atoms with van der Waals surface area (Å²) < 4.78 is 1.94. The smallest absolute Gasteiger partial charge is 0.129 e. The van der Waals surface area contributed by atoms with Crippen molar-refractivity contribution in [3.63, 3.8) is 0 Å². The van der Waals surface area contributed by atoms with Gasteiger partial charge in [-0.1, -0.05) is 136 Å². The Hall–Kier alpha value is -3.68. The normalized spacial score (nSPS) is 14.8. The zero-order valence-electron chi connectivity index (χ0n) is 27.5. The van der Waals surface area contributed by atoms with E-state index in [1.807, 2.05) is 0 Å². The molecule has 0 bridgehead atoms. The Morgan fingerprint density at radius 2 is 0.878 bits per heavy atom. The third kappa shape index (κ3) is 7.73. The van der Waals surface area contributed by atoms with E-state index in [1.165, 1.54) is 22.3 Å². The quantitative estimate of drug-likeness (QED) is 0.168. The van der Waals surface area contributed by atoms with Gasteiger partial charge in [-0.3, -0.25) is 0 Å². The number of aryl methyl sites for hydroxylation is 3. The van der Waals surface area contributed by atoms with Gasteiger partial charge in [0, 0.05) is 37.1 Å². The van der Waals surface area contributed by atoms with Crippen molar-refractivity contribution < 1.29 is 0 Å². The van der Waals surface area contributed by atoms with E-state index in [0.717, 1.165) is 80.9 Å². The molecule has 1 fully saturated rings. The van der Waals surface area contributed by atoms with Gasteiger partial charge in [0.15, 0.2) is 0 Å². The highest BCUT2D eigenvalue weighted by atomic mass is 79.9. The Morgan fingerprint density at radius 3 is 1.35 bits per heavy atom. The van der Waals surface area contributed by atoms with E-state index in [9.17, 15) is 0 Å². The van der Waals surface area contributed by atoms with Gasteiger partial charge < -0.3 is 0 Å². The van der Waals surface area contributed by atoms with Crippen molar-refractivity contribution in [2.45, 2.75) is 20.8 Å². The molecule has 1 aliphatic heterocycles. The molecular weight excluding hydrogens is 768 g/mol. The van der Waals surface area contributed by atoms with E-state index in [-0.39, 0.29) is 0 Å². The fourth-order valence-electron chi connectivity index (χ4n) is 5.85. The minimum Gasteiger partial charge on any atom is -0.238 e. The molecule has 0 amide bonds. The van der Waals surface area contributed by atoms with Crippen LogP contribution in [0.3, 0.4) is 0 Å². The molecule has 1 heterocycles. The summed E-state index contributed by atoms with van der Waals surface area (Å²) in [6, 6.07) is 45.7. The maximum Gasteiger partial charge on any atom is 0.129 e. The second-order valence-electron chi connectivity index (χ2n) is 12.2. The summed E-state index contributed by atoms with van der Waals surface area (Å²) in [6.07, 6.45) is 0. The second kappa shape index (κ2) is 15.1. The topological polar surface area (TPSA) is 24.7 Å². The fraction of sp³-hybridized carbons (Fsp3) is 0.116. The van der Waals surface area contributed by atoms with Crippen LogP contribution in [0.25, 0.3) is 44.5 Å². The van der Waals surface area contributed by atoms with E-state index in [2.05, 4.69) is 180 Å². The lowest BCUT2D eigenvalue weighted by Crippen LogP contribution is -2.14. The summed E-state index contributed by atoms with van der Waals surface area (Å²) in [5.41, 5.74) is 14.6.